The van der Waals surface area contributed by atoms with Crippen LogP contribution >= 0.6 is 0 Å². The maximum absolute atomic E-state index is 2.45. The Bertz CT molecular complexity index is 136. The molecule has 9 heavy (non-hydrogen) atoms. The van der Waals surface area contributed by atoms with Crippen LogP contribution in [0.25, 0.3) is 0 Å². The van der Waals surface area contributed by atoms with Crippen molar-refractivity contribution in [3.8, 4) is 0 Å². The Labute approximate surface area is 61.0 Å². The Morgan fingerprint density at radius 1 is 1.00 bits per heavy atom. The van der Waals surface area contributed by atoms with Gasteiger partial charge in [-0.2, -0.15) is 0 Å². The van der Waals surface area contributed by atoms with Crippen LogP contribution in [-0.2, 0) is 16.6 Å². The third-order valence-corrected chi connectivity index (χ3v) is 5.47. The van der Waals surface area contributed by atoms with E-state index in [0.29, 0.717) is 0 Å². The summed E-state index contributed by atoms with van der Waals surface area (Å²) in [7, 11) is 0. The van der Waals surface area contributed by atoms with Gasteiger partial charge in [-0.1, -0.05) is 0 Å². The van der Waals surface area contributed by atoms with Gasteiger partial charge in [0, 0.05) is 0 Å². The van der Waals surface area contributed by atoms with Crippen LogP contribution in [0.4, 0.5) is 0 Å². The zero-order chi connectivity index (χ0) is 6.91. The summed E-state index contributed by atoms with van der Waals surface area (Å²) in [5.74, 6) is 0. The molecule has 1 aliphatic rings. The molecule has 0 nitrogen and oxygen atoms in total. The van der Waals surface area contributed by atoms with Crippen LogP contribution in [0.5, 0.6) is 0 Å². The van der Waals surface area contributed by atoms with Crippen molar-refractivity contribution in [2.75, 3.05) is 0 Å². The van der Waals surface area contributed by atoms with E-state index in [9.17, 15) is 0 Å². The van der Waals surface area contributed by atoms with E-state index in [1.165, 1.54) is 0 Å². The van der Waals surface area contributed by atoms with Crippen molar-refractivity contribution in [2.45, 2.75) is 19.9 Å². The van der Waals surface area contributed by atoms with Crippen LogP contribution in [-0.4, -0.2) is 0 Å². The summed E-state index contributed by atoms with van der Waals surface area (Å²) in [6.45, 7) is 0. The predicted octanol–water partition coefficient (Wildman–Crippen LogP) is 3.20. The minimum absolute atomic E-state index is 0.838. The van der Waals surface area contributed by atoms with Gasteiger partial charge in [-0.3, -0.25) is 0 Å². The topological polar surface area (TPSA) is 0 Å². The van der Waals surface area contributed by atoms with Crippen molar-refractivity contribution in [1.29, 1.82) is 0 Å². The average molecular weight is 158 g/mol. The van der Waals surface area contributed by atoms with Crippen molar-refractivity contribution < 1.29 is 16.6 Å². The second-order valence-electron chi connectivity index (χ2n) is 3.66. The van der Waals surface area contributed by atoms with E-state index in [0.717, 1.165) is 4.22 Å². The number of hydrogen-bond acceptors (Lipinski definition) is 0. The van der Waals surface area contributed by atoms with E-state index >= 15 is 0 Å². The van der Waals surface area contributed by atoms with Crippen LogP contribution in [0.3, 0.4) is 0 Å². The van der Waals surface area contributed by atoms with Gasteiger partial charge in [-0.05, 0) is 0 Å². The molecule has 0 saturated heterocycles. The van der Waals surface area contributed by atoms with Crippen molar-refractivity contribution in [2.24, 2.45) is 0 Å². The van der Waals surface area contributed by atoms with Crippen LogP contribution < -0.4 is 0 Å². The standard InChI is InChI=1S/C5H5.3CH3.Ti/c1-2-4-5-3-1;;;;/h1-5H;3*1H3;. The molecule has 50 valence electrons. The molecular weight excluding hydrogens is 144 g/mol. The molecule has 0 atom stereocenters. The second kappa shape index (κ2) is 2.44. The second-order valence-corrected chi connectivity index (χ2v) is 12.1. The summed E-state index contributed by atoms with van der Waals surface area (Å²) in [6, 6.07) is 0. The van der Waals surface area contributed by atoms with Gasteiger partial charge in [0.25, 0.3) is 0 Å². The third-order valence-electron chi connectivity index (χ3n) is 1.75. The Morgan fingerprint density at radius 3 is 1.67 bits per heavy atom. The van der Waals surface area contributed by atoms with Gasteiger partial charge in [-0.25, -0.2) is 0 Å². The average Bonchev–Trinajstić information content (AvgIpc) is 2.08. The third kappa shape index (κ3) is 1.81. The molecule has 1 rings (SSSR count). The van der Waals surface area contributed by atoms with E-state index in [2.05, 4.69) is 40.0 Å². The van der Waals surface area contributed by atoms with E-state index in [4.69, 9.17) is 0 Å². The summed E-state index contributed by atoms with van der Waals surface area (Å²) in [5, 5.41) is 7.35. The molecule has 0 aromatic heterocycles. The fourth-order valence-corrected chi connectivity index (χ4v) is 3.16. The van der Waals surface area contributed by atoms with Gasteiger partial charge in [0.2, 0.25) is 0 Å². The van der Waals surface area contributed by atoms with Gasteiger partial charge in [0.15, 0.2) is 0 Å². The Hall–Kier alpha value is 0.194. The molecule has 0 fully saturated rings. The molecular formula is C8H14Ti. The van der Waals surface area contributed by atoms with Gasteiger partial charge in [-0.15, -0.1) is 0 Å². The fraction of sp³-hybridized carbons (Fsp3) is 0.500. The summed E-state index contributed by atoms with van der Waals surface area (Å²) in [4.78, 5) is 0. The molecule has 0 aliphatic heterocycles. The summed E-state index contributed by atoms with van der Waals surface area (Å²) < 4.78 is 0.838. The molecule has 0 aromatic carbocycles. The van der Waals surface area contributed by atoms with Gasteiger partial charge in [0.1, 0.15) is 0 Å². The first-order chi connectivity index (χ1) is 4.11. The van der Waals surface area contributed by atoms with Crippen LogP contribution in [0.15, 0.2) is 24.3 Å². The monoisotopic (exact) mass is 158 g/mol. The first kappa shape index (κ1) is 7.30. The molecule has 0 N–H and O–H groups in total. The Kier molecular flexibility index (Phi) is 1.98. The predicted molar refractivity (Wildman–Crippen MR) is 39.6 cm³/mol. The van der Waals surface area contributed by atoms with Crippen molar-refractivity contribution in [3.05, 3.63) is 24.3 Å². The van der Waals surface area contributed by atoms with Gasteiger partial charge >= 0.3 is 60.8 Å². The van der Waals surface area contributed by atoms with Crippen molar-refractivity contribution in [1.82, 2.24) is 0 Å². The SMILES string of the molecule is [CH3][Ti]([CH3])([CH3])[CH]1C=CC=C1. The summed E-state index contributed by atoms with van der Waals surface area (Å²) >= 11 is -1.35. The van der Waals surface area contributed by atoms with Crippen molar-refractivity contribution >= 4 is 0 Å². The number of hydrogen-bond donors (Lipinski definition) is 0. The van der Waals surface area contributed by atoms with Crippen LogP contribution in [0.2, 0.25) is 19.9 Å². The number of rotatable bonds is 1. The Balaban J connectivity index is 2.64. The molecule has 0 bridgehead atoms. The first-order valence-electron chi connectivity index (χ1n) is 3.46. The molecule has 1 aliphatic carbocycles. The van der Waals surface area contributed by atoms with Crippen molar-refractivity contribution in [3.63, 3.8) is 0 Å². The molecule has 0 saturated carbocycles. The van der Waals surface area contributed by atoms with E-state index in [1.54, 1.807) is 0 Å². The normalized spacial score (nSPS) is 19.4. The van der Waals surface area contributed by atoms with E-state index < -0.39 is 16.6 Å². The zero-order valence-electron chi connectivity index (χ0n) is 6.39. The molecule has 0 amide bonds. The van der Waals surface area contributed by atoms with Crippen LogP contribution in [0, 0.1) is 0 Å². The van der Waals surface area contributed by atoms with Gasteiger partial charge < -0.3 is 0 Å². The zero-order valence-corrected chi connectivity index (χ0v) is 7.95. The summed E-state index contributed by atoms with van der Waals surface area (Å²) in [5.41, 5.74) is 0. The molecule has 0 unspecified atom stereocenters. The summed E-state index contributed by atoms with van der Waals surface area (Å²) in [6.07, 6.45) is 9.00. The Morgan fingerprint density at radius 2 is 1.44 bits per heavy atom. The fourth-order valence-electron chi connectivity index (χ4n) is 1.01. The van der Waals surface area contributed by atoms with Gasteiger partial charge in [0.05, 0.1) is 0 Å². The molecule has 0 heterocycles. The van der Waals surface area contributed by atoms with E-state index in [-0.39, 0.29) is 0 Å². The first-order valence-corrected chi connectivity index (χ1v) is 9.04. The molecule has 0 radical (unpaired) electrons. The molecule has 0 spiro atoms. The quantitative estimate of drug-likeness (QED) is 0.514. The van der Waals surface area contributed by atoms with Crippen LogP contribution in [0.1, 0.15) is 0 Å². The van der Waals surface area contributed by atoms with E-state index in [1.807, 2.05) is 0 Å². The maximum atomic E-state index is 2.45. The minimum atomic E-state index is -1.35. The molecule has 1 heteroatoms. The number of allylic oxidation sites excluding steroid dienone is 4. The molecule has 0 aromatic rings.